The molecule has 0 bridgehead atoms. The number of rotatable bonds is 22. The number of aromatic nitrogens is 3. The Hall–Kier alpha value is -5.56. The van der Waals surface area contributed by atoms with Crippen LogP contribution in [0.2, 0.25) is 0 Å². The van der Waals surface area contributed by atoms with E-state index in [1.165, 1.54) is 19.4 Å². The molecule has 20 nitrogen and oxygen atoms in total. The van der Waals surface area contributed by atoms with Crippen LogP contribution in [0.15, 0.2) is 55.1 Å². The number of likely N-dealkylation sites (tertiary alicyclic amines) is 2. The Labute approximate surface area is 434 Å². The molecule has 4 heterocycles. The van der Waals surface area contributed by atoms with E-state index in [1.54, 1.807) is 24.3 Å². The first-order valence-electron chi connectivity index (χ1n) is 24.9. The average molecular weight is 1050 g/mol. The number of likely N-dealkylation sites (N-methyl/N-ethyl adjacent to an activating group) is 2. The lowest BCUT2D eigenvalue weighted by Crippen LogP contribution is -2.49. The first-order valence-corrected chi connectivity index (χ1v) is 24.9. The minimum atomic E-state index is -4.46. The summed E-state index contributed by atoms with van der Waals surface area (Å²) in [5.41, 5.74) is 4.22. The number of alkyl halides is 3. The predicted octanol–water partition coefficient (Wildman–Crippen LogP) is 3.44. The van der Waals surface area contributed by atoms with Gasteiger partial charge in [-0.3, -0.25) is 19.4 Å². The molecule has 3 aromatic rings. The number of halogens is 3. The van der Waals surface area contributed by atoms with Crippen molar-refractivity contribution in [3.05, 3.63) is 60.7 Å². The van der Waals surface area contributed by atoms with Crippen LogP contribution in [-0.4, -0.2) is 186 Å². The molecule has 3 aliphatic rings. The van der Waals surface area contributed by atoms with Crippen molar-refractivity contribution in [1.29, 1.82) is 0 Å². The number of carbonyl (C=O) groups is 6. The summed E-state index contributed by atoms with van der Waals surface area (Å²) in [6.07, 6.45) is 8.48. The van der Waals surface area contributed by atoms with E-state index in [0.717, 1.165) is 69.8 Å². The monoisotopic (exact) mass is 1050 g/mol. The summed E-state index contributed by atoms with van der Waals surface area (Å²) >= 11 is 0. The number of pyridine rings is 1. The first kappa shape index (κ1) is 66.5. The highest BCUT2D eigenvalue weighted by Gasteiger charge is 2.38. The number of nitrogens with zero attached hydrogens (tertiary/aromatic N) is 5. The van der Waals surface area contributed by atoms with Gasteiger partial charge in [0.1, 0.15) is 43.7 Å². The minimum Gasteiger partial charge on any atom is -0.380 e. The summed E-state index contributed by atoms with van der Waals surface area (Å²) in [5, 5.41) is 15.5. The molecule has 2 aromatic heterocycles. The summed E-state index contributed by atoms with van der Waals surface area (Å²) < 4.78 is 54.6. The number of nitrogens with two attached hydrogens (primary N) is 1. The Bertz CT molecular complexity index is 1990. The van der Waals surface area contributed by atoms with E-state index >= 15 is 0 Å². The van der Waals surface area contributed by atoms with E-state index < -0.39 is 17.8 Å². The van der Waals surface area contributed by atoms with Gasteiger partial charge in [-0.1, -0.05) is 6.07 Å². The van der Waals surface area contributed by atoms with Gasteiger partial charge < -0.3 is 70.7 Å². The highest BCUT2D eigenvalue weighted by molar-refractivity contribution is 5.93. The van der Waals surface area contributed by atoms with Crippen molar-refractivity contribution in [2.45, 2.75) is 102 Å². The van der Waals surface area contributed by atoms with Crippen LogP contribution in [0.4, 0.5) is 19.0 Å². The molecule has 3 amide bonds. The van der Waals surface area contributed by atoms with Gasteiger partial charge in [-0.2, -0.15) is 13.2 Å². The fourth-order valence-corrected chi connectivity index (χ4v) is 7.49. The molecule has 2 unspecified atom stereocenters. The Balaban J connectivity index is 0.000000540. The number of hydrogen-bond donors (Lipinski definition) is 6. The van der Waals surface area contributed by atoms with E-state index in [2.05, 4.69) is 68.0 Å². The molecule has 0 spiro atoms. The number of fused-ring (bicyclic) bond motifs is 1. The van der Waals surface area contributed by atoms with Gasteiger partial charge in [-0.25, -0.2) is 9.97 Å². The molecule has 6 rings (SSSR count). The number of amides is 3. The predicted molar refractivity (Wildman–Crippen MR) is 278 cm³/mol. The van der Waals surface area contributed by atoms with Gasteiger partial charge in [-0.15, -0.1) is 0 Å². The smallest absolute Gasteiger partial charge is 0.380 e. The number of nitrogens with one attached hydrogen (secondary N) is 5. The number of benzene rings is 1. The number of ether oxygens (including phenoxy) is 3. The van der Waals surface area contributed by atoms with Crippen LogP contribution in [0.1, 0.15) is 77.7 Å². The first-order chi connectivity index (χ1) is 35.5. The Kier molecular flexibility index (Phi) is 35.0. The van der Waals surface area contributed by atoms with Crippen molar-refractivity contribution in [2.75, 3.05) is 106 Å². The summed E-state index contributed by atoms with van der Waals surface area (Å²) in [5.74, 6) is 0.235. The van der Waals surface area contributed by atoms with Crippen molar-refractivity contribution in [3.8, 4) is 0 Å². The quantitative estimate of drug-likeness (QED) is 0.0622. The lowest BCUT2D eigenvalue weighted by atomic mass is 9.89. The van der Waals surface area contributed by atoms with Crippen LogP contribution >= 0.6 is 0 Å². The molecule has 7 N–H and O–H groups in total. The maximum absolute atomic E-state index is 13.2. The Morgan fingerprint density at radius 3 is 2.01 bits per heavy atom. The second kappa shape index (κ2) is 38.9. The molecule has 1 saturated carbocycles. The van der Waals surface area contributed by atoms with Crippen LogP contribution in [0, 0.1) is 5.92 Å². The fourth-order valence-electron chi connectivity index (χ4n) is 7.49. The molecular formula is C51H82F3N11O9. The maximum atomic E-state index is 13.2. The molecule has 0 radical (unpaired) electrons. The van der Waals surface area contributed by atoms with Crippen molar-refractivity contribution >= 4 is 53.3 Å². The number of aldehydes is 3. The normalized spacial score (nSPS) is 18.1. The molecule has 2 aliphatic heterocycles. The van der Waals surface area contributed by atoms with Gasteiger partial charge in [0.2, 0.25) is 17.7 Å². The minimum absolute atomic E-state index is 0.00373. The fraction of sp³-hybridized carbons (Fsp3) is 0.627. The highest BCUT2D eigenvalue weighted by Crippen LogP contribution is 2.34. The lowest BCUT2D eigenvalue weighted by Gasteiger charge is -2.37. The van der Waals surface area contributed by atoms with E-state index in [0.29, 0.717) is 89.9 Å². The van der Waals surface area contributed by atoms with Crippen molar-refractivity contribution in [1.82, 2.24) is 46.0 Å². The molecule has 74 heavy (non-hydrogen) atoms. The van der Waals surface area contributed by atoms with Crippen LogP contribution in [0.3, 0.4) is 0 Å². The van der Waals surface area contributed by atoms with Crippen LogP contribution in [0.5, 0.6) is 0 Å². The lowest BCUT2D eigenvalue weighted by molar-refractivity contribution is -0.137. The van der Waals surface area contributed by atoms with Gasteiger partial charge in [0.05, 0.1) is 44.1 Å². The van der Waals surface area contributed by atoms with Crippen molar-refractivity contribution < 1.29 is 56.1 Å². The molecule has 3 fully saturated rings. The summed E-state index contributed by atoms with van der Waals surface area (Å²) in [4.78, 5) is 80.3. The SMILES string of the molecule is CC(C)(C)NC1CCC(N2CCC(Nc3ncnc4ccc(C(F)(F)F)cc34)C2=O)CC1.CN.CN1CC(C=O)CC1=O.CNCCOCC=O.CNCCOCCC(=O)NCCOCCC=O.c1ccncc1. The topological polar surface area (TPSA) is 261 Å². The average Bonchev–Trinajstić information content (AvgIpc) is 3.93. The molecule has 1 aromatic carbocycles. The molecule has 2 atom stereocenters. The zero-order valence-corrected chi connectivity index (χ0v) is 44.3. The van der Waals surface area contributed by atoms with Crippen LogP contribution in [0.25, 0.3) is 10.9 Å². The number of anilines is 1. The third-order valence-corrected chi connectivity index (χ3v) is 11.0. The maximum Gasteiger partial charge on any atom is 0.416 e. The van der Waals surface area contributed by atoms with E-state index in [-0.39, 0.29) is 53.0 Å². The second-order valence-electron chi connectivity index (χ2n) is 18.0. The van der Waals surface area contributed by atoms with E-state index in [1.807, 2.05) is 37.2 Å². The third kappa shape index (κ3) is 28.8. The summed E-state index contributed by atoms with van der Waals surface area (Å²) in [7, 11) is 6.90. The number of carbonyl (C=O) groups excluding carboxylic acids is 6. The third-order valence-electron chi connectivity index (χ3n) is 11.0. The standard InChI is InChI=1S/C23H30F3N5O.C11H22N2O4.C6H9NO2.C5H11NO2.C5H5N.CH5N/c1-22(2,3)30-15-5-7-16(8-6-15)31-11-10-19(21(31)32)29-20-17-12-14(23(24,25)26)4-9-18(17)27-13-28-20;1-12-4-9-17-8-3-11(15)13-5-10-16-7-2-6-14;1-7-3-5(4-8)2-6(7)9;1-6-2-4-8-5-3-7;1-2-4-6-5-3-1;1-2/h4,9,12-13,15-16,19,30H,5-8,10-11H2,1-3H3,(H,27,28,29);6,12H,2-5,7-10H2,1H3,(H,13,15);4-5H,2-3H2,1H3;3,6H,2,4-5H2,1H3;1-5H;2H2,1H3. The van der Waals surface area contributed by atoms with Crippen molar-refractivity contribution in [3.63, 3.8) is 0 Å². The second-order valence-corrected chi connectivity index (χ2v) is 18.0. The van der Waals surface area contributed by atoms with Gasteiger partial charge in [0.25, 0.3) is 0 Å². The van der Waals surface area contributed by atoms with Gasteiger partial charge in [0.15, 0.2) is 0 Å². The summed E-state index contributed by atoms with van der Waals surface area (Å²) in [6, 6.07) is 9.28. The highest BCUT2D eigenvalue weighted by atomic mass is 19.4. The molecule has 416 valence electrons. The molecule has 1 aliphatic carbocycles. The van der Waals surface area contributed by atoms with E-state index in [4.69, 9.17) is 14.2 Å². The van der Waals surface area contributed by atoms with Crippen LogP contribution in [-0.2, 0) is 49.2 Å². The molecular weight excluding hydrogens is 968 g/mol. The largest absolute Gasteiger partial charge is 0.416 e. The number of hydrogen-bond acceptors (Lipinski definition) is 17. The summed E-state index contributed by atoms with van der Waals surface area (Å²) in [6.45, 7) is 12.5. The van der Waals surface area contributed by atoms with Gasteiger partial charge in [-0.05, 0) is 104 Å². The van der Waals surface area contributed by atoms with E-state index in [9.17, 15) is 41.9 Å². The Morgan fingerprint density at radius 1 is 0.838 bits per heavy atom. The zero-order valence-electron chi connectivity index (χ0n) is 44.3. The molecule has 2 saturated heterocycles. The van der Waals surface area contributed by atoms with Crippen molar-refractivity contribution in [2.24, 2.45) is 11.7 Å². The Morgan fingerprint density at radius 2 is 1.49 bits per heavy atom. The molecule has 23 heteroatoms. The van der Waals surface area contributed by atoms with Crippen LogP contribution < -0.4 is 32.3 Å². The zero-order chi connectivity index (χ0) is 55.2. The van der Waals surface area contributed by atoms with Gasteiger partial charge >= 0.3 is 6.18 Å². The van der Waals surface area contributed by atoms with Gasteiger partial charge in [0, 0.05) is 100 Å².